The van der Waals surface area contributed by atoms with Crippen molar-refractivity contribution in [1.82, 2.24) is 10.2 Å². The molecule has 21 heavy (non-hydrogen) atoms. The number of likely N-dealkylation sites (N-methyl/N-ethyl adjacent to an activating group) is 1. The van der Waals surface area contributed by atoms with Gasteiger partial charge in [0.15, 0.2) is 0 Å². The summed E-state index contributed by atoms with van der Waals surface area (Å²) in [6.07, 6.45) is 0.123. The van der Waals surface area contributed by atoms with Crippen LogP contribution in [0.2, 0.25) is 0 Å². The summed E-state index contributed by atoms with van der Waals surface area (Å²) in [5.41, 5.74) is 0.592. The van der Waals surface area contributed by atoms with Gasteiger partial charge in [0.1, 0.15) is 5.82 Å². The van der Waals surface area contributed by atoms with Crippen molar-refractivity contribution >= 4 is 11.6 Å². The van der Waals surface area contributed by atoms with E-state index >= 15 is 0 Å². The molecule has 1 aliphatic rings. The normalized spacial score (nSPS) is 19.4. The predicted octanol–water partition coefficient (Wildman–Crippen LogP) is 1.07. The molecule has 6 heteroatoms. The van der Waals surface area contributed by atoms with Gasteiger partial charge in [-0.2, -0.15) is 0 Å². The third kappa shape index (κ3) is 5.41. The van der Waals surface area contributed by atoms with Crippen molar-refractivity contribution in [1.29, 1.82) is 0 Å². The Bertz CT molecular complexity index is 453. The summed E-state index contributed by atoms with van der Waals surface area (Å²) in [5.74, 6) is -0.467. The van der Waals surface area contributed by atoms with E-state index in [1.165, 1.54) is 24.3 Å². The van der Waals surface area contributed by atoms with Crippen molar-refractivity contribution in [2.45, 2.75) is 13.0 Å². The summed E-state index contributed by atoms with van der Waals surface area (Å²) in [5, 5.41) is 5.80. The number of carbonyl (C=O) groups excluding carboxylic acids is 1. The molecule has 0 aromatic heterocycles. The summed E-state index contributed by atoms with van der Waals surface area (Å²) in [6.45, 7) is 6.61. The van der Waals surface area contributed by atoms with E-state index in [9.17, 15) is 9.18 Å². The molecule has 2 rings (SSSR count). The number of amides is 1. The SMILES string of the molecule is CCN1CCOC(CNCC(=O)Nc2ccc(F)cc2)C1. The van der Waals surface area contributed by atoms with Crippen molar-refractivity contribution in [2.75, 3.05) is 44.6 Å². The van der Waals surface area contributed by atoms with Gasteiger partial charge < -0.3 is 15.4 Å². The van der Waals surface area contributed by atoms with E-state index in [0.29, 0.717) is 12.2 Å². The van der Waals surface area contributed by atoms with E-state index in [1.807, 2.05) is 0 Å². The molecule has 1 aliphatic heterocycles. The Hall–Kier alpha value is -1.50. The fourth-order valence-corrected chi connectivity index (χ4v) is 2.28. The number of benzene rings is 1. The summed E-state index contributed by atoms with van der Waals surface area (Å²) < 4.78 is 18.4. The van der Waals surface area contributed by atoms with Crippen LogP contribution >= 0.6 is 0 Å². The lowest BCUT2D eigenvalue weighted by atomic mass is 10.2. The van der Waals surface area contributed by atoms with E-state index in [1.54, 1.807) is 0 Å². The number of carbonyl (C=O) groups is 1. The first-order chi connectivity index (χ1) is 10.2. The second kappa shape index (κ2) is 8.07. The van der Waals surface area contributed by atoms with Gasteiger partial charge in [-0.25, -0.2) is 4.39 Å². The molecular formula is C15H22FN3O2. The van der Waals surface area contributed by atoms with E-state index in [-0.39, 0.29) is 24.4 Å². The average Bonchev–Trinajstić information content (AvgIpc) is 2.50. The van der Waals surface area contributed by atoms with Crippen molar-refractivity contribution in [3.8, 4) is 0 Å². The number of halogens is 1. The Morgan fingerprint density at radius 1 is 1.43 bits per heavy atom. The highest BCUT2D eigenvalue weighted by Crippen LogP contribution is 2.07. The van der Waals surface area contributed by atoms with Gasteiger partial charge in [-0.15, -0.1) is 0 Å². The smallest absolute Gasteiger partial charge is 0.238 e. The van der Waals surface area contributed by atoms with E-state index in [2.05, 4.69) is 22.5 Å². The zero-order chi connectivity index (χ0) is 15.1. The molecule has 1 saturated heterocycles. The maximum atomic E-state index is 12.8. The van der Waals surface area contributed by atoms with Crippen LogP contribution in [0.4, 0.5) is 10.1 Å². The third-order valence-electron chi connectivity index (χ3n) is 3.46. The highest BCUT2D eigenvalue weighted by atomic mass is 19.1. The largest absolute Gasteiger partial charge is 0.374 e. The van der Waals surface area contributed by atoms with Crippen LogP contribution in [0.15, 0.2) is 24.3 Å². The molecule has 1 unspecified atom stereocenters. The lowest BCUT2D eigenvalue weighted by Crippen LogP contribution is -2.47. The number of nitrogens with zero attached hydrogens (tertiary/aromatic N) is 1. The molecule has 1 aromatic rings. The van der Waals surface area contributed by atoms with Crippen LogP contribution < -0.4 is 10.6 Å². The second-order valence-electron chi connectivity index (χ2n) is 5.07. The minimum atomic E-state index is -0.318. The molecule has 1 amide bonds. The highest BCUT2D eigenvalue weighted by molar-refractivity contribution is 5.92. The quantitative estimate of drug-likeness (QED) is 0.824. The van der Waals surface area contributed by atoms with E-state index < -0.39 is 0 Å². The fourth-order valence-electron chi connectivity index (χ4n) is 2.28. The molecule has 0 radical (unpaired) electrons. The molecule has 1 atom stereocenters. The molecule has 0 bridgehead atoms. The Kier molecular flexibility index (Phi) is 6.10. The summed E-state index contributed by atoms with van der Waals surface area (Å²) in [7, 11) is 0. The van der Waals surface area contributed by atoms with Crippen LogP contribution in [0.25, 0.3) is 0 Å². The number of rotatable bonds is 6. The standard InChI is InChI=1S/C15H22FN3O2/c1-2-19-7-8-21-14(11-19)9-17-10-15(20)18-13-5-3-12(16)4-6-13/h3-6,14,17H,2,7-11H2,1H3,(H,18,20). The van der Waals surface area contributed by atoms with Gasteiger partial charge in [0.2, 0.25) is 5.91 Å². The van der Waals surface area contributed by atoms with Gasteiger partial charge in [0.05, 0.1) is 19.3 Å². The van der Waals surface area contributed by atoms with Crippen molar-refractivity contribution in [3.63, 3.8) is 0 Å². The Balaban J connectivity index is 1.66. The number of morpholine rings is 1. The molecule has 1 aromatic carbocycles. The molecule has 0 aliphatic carbocycles. The lowest BCUT2D eigenvalue weighted by Gasteiger charge is -2.32. The third-order valence-corrected chi connectivity index (χ3v) is 3.46. The number of hydrogen-bond acceptors (Lipinski definition) is 4. The molecule has 1 heterocycles. The maximum Gasteiger partial charge on any atom is 0.238 e. The monoisotopic (exact) mass is 295 g/mol. The van der Waals surface area contributed by atoms with E-state index in [4.69, 9.17) is 4.74 Å². The number of nitrogens with one attached hydrogen (secondary N) is 2. The minimum absolute atomic E-state index is 0.123. The van der Waals surface area contributed by atoms with Gasteiger partial charge >= 0.3 is 0 Å². The fraction of sp³-hybridized carbons (Fsp3) is 0.533. The Morgan fingerprint density at radius 3 is 2.90 bits per heavy atom. The molecule has 1 fully saturated rings. The van der Waals surface area contributed by atoms with Crippen LogP contribution in [0.1, 0.15) is 6.92 Å². The highest BCUT2D eigenvalue weighted by Gasteiger charge is 2.18. The first-order valence-corrected chi connectivity index (χ1v) is 7.27. The zero-order valence-corrected chi connectivity index (χ0v) is 12.3. The van der Waals surface area contributed by atoms with Crippen LogP contribution in [0, 0.1) is 5.82 Å². The van der Waals surface area contributed by atoms with Gasteiger partial charge in [0.25, 0.3) is 0 Å². The Labute approximate surface area is 124 Å². The van der Waals surface area contributed by atoms with Crippen molar-refractivity contribution in [3.05, 3.63) is 30.1 Å². The van der Waals surface area contributed by atoms with E-state index in [0.717, 1.165) is 26.2 Å². The minimum Gasteiger partial charge on any atom is -0.374 e. The number of ether oxygens (including phenoxy) is 1. The van der Waals surface area contributed by atoms with Gasteiger partial charge in [-0.1, -0.05) is 6.92 Å². The number of hydrogen-bond donors (Lipinski definition) is 2. The summed E-state index contributed by atoms with van der Waals surface area (Å²) >= 11 is 0. The number of anilines is 1. The van der Waals surface area contributed by atoms with Crippen molar-refractivity contribution in [2.24, 2.45) is 0 Å². The topological polar surface area (TPSA) is 53.6 Å². The molecule has 0 spiro atoms. The van der Waals surface area contributed by atoms with Gasteiger partial charge in [-0.3, -0.25) is 9.69 Å². The first-order valence-electron chi connectivity index (χ1n) is 7.27. The lowest BCUT2D eigenvalue weighted by molar-refractivity contribution is -0.115. The van der Waals surface area contributed by atoms with Gasteiger partial charge in [-0.05, 0) is 30.8 Å². The van der Waals surface area contributed by atoms with Crippen LogP contribution in [-0.2, 0) is 9.53 Å². The Morgan fingerprint density at radius 2 is 2.19 bits per heavy atom. The molecule has 0 saturated carbocycles. The van der Waals surface area contributed by atoms with Crippen molar-refractivity contribution < 1.29 is 13.9 Å². The maximum absolute atomic E-state index is 12.8. The molecule has 116 valence electrons. The first kappa shape index (κ1) is 15.9. The summed E-state index contributed by atoms with van der Waals surface area (Å²) in [6, 6.07) is 5.71. The summed E-state index contributed by atoms with van der Waals surface area (Å²) in [4.78, 5) is 14.1. The molecule has 5 nitrogen and oxygen atoms in total. The zero-order valence-electron chi connectivity index (χ0n) is 12.3. The predicted molar refractivity (Wildman–Crippen MR) is 79.8 cm³/mol. The van der Waals surface area contributed by atoms with Crippen LogP contribution in [0.3, 0.4) is 0 Å². The second-order valence-corrected chi connectivity index (χ2v) is 5.07. The molecular weight excluding hydrogens is 273 g/mol. The average molecular weight is 295 g/mol. The molecule has 2 N–H and O–H groups in total. The van der Waals surface area contributed by atoms with Crippen LogP contribution in [-0.4, -0.2) is 56.2 Å². The van der Waals surface area contributed by atoms with Crippen LogP contribution in [0.5, 0.6) is 0 Å². The van der Waals surface area contributed by atoms with Gasteiger partial charge in [0, 0.05) is 25.3 Å².